The molecule has 4 nitrogen and oxygen atoms in total. The fraction of sp³-hybridized carbons (Fsp3) is 0.385. The minimum absolute atomic E-state index is 0.0730. The van der Waals surface area contributed by atoms with Crippen LogP contribution in [0.2, 0.25) is 0 Å². The maximum Gasteiger partial charge on any atom is 0.224 e. The van der Waals surface area contributed by atoms with Crippen molar-refractivity contribution < 1.29 is 9.00 Å². The van der Waals surface area contributed by atoms with Gasteiger partial charge in [0.1, 0.15) is 4.99 Å². The van der Waals surface area contributed by atoms with E-state index in [1.54, 1.807) is 12.1 Å². The number of carbonyl (C=O) groups is 1. The molecule has 0 saturated heterocycles. The van der Waals surface area contributed by atoms with Crippen molar-refractivity contribution in [3.63, 3.8) is 0 Å². The van der Waals surface area contributed by atoms with Crippen LogP contribution in [0.5, 0.6) is 0 Å². The van der Waals surface area contributed by atoms with Crippen molar-refractivity contribution in [1.29, 1.82) is 0 Å². The number of thiocarbonyl (C=S) groups is 1. The highest BCUT2D eigenvalue weighted by molar-refractivity contribution is 7.84. The molecular formula is C13H18N2O2S2. The third kappa shape index (κ3) is 5.94. The minimum atomic E-state index is -0.841. The molecule has 0 aliphatic rings. The molecule has 0 aromatic heterocycles. The number of nitrogens with two attached hydrogens (primary N) is 1. The molecule has 6 heteroatoms. The molecule has 1 atom stereocenters. The predicted molar refractivity (Wildman–Crippen MR) is 82.6 cm³/mol. The minimum Gasteiger partial charge on any atom is -0.389 e. The molecule has 0 aliphatic carbocycles. The number of rotatable bonds is 7. The van der Waals surface area contributed by atoms with Gasteiger partial charge in [0.2, 0.25) is 5.91 Å². The van der Waals surface area contributed by atoms with E-state index in [0.717, 1.165) is 11.1 Å². The van der Waals surface area contributed by atoms with Crippen molar-refractivity contribution in [1.82, 2.24) is 5.32 Å². The quantitative estimate of drug-likeness (QED) is 0.729. The lowest BCUT2D eigenvalue weighted by molar-refractivity contribution is -0.120. The predicted octanol–water partition coefficient (Wildman–Crippen LogP) is 0.748. The molecular weight excluding hydrogens is 280 g/mol. The van der Waals surface area contributed by atoms with Gasteiger partial charge in [-0.3, -0.25) is 9.00 Å². The van der Waals surface area contributed by atoms with Gasteiger partial charge in [-0.05, 0) is 5.56 Å². The lowest BCUT2D eigenvalue weighted by Crippen LogP contribution is -2.29. The molecule has 0 aliphatic heterocycles. The number of hydrogen-bond donors (Lipinski definition) is 2. The first kappa shape index (κ1) is 15.8. The molecule has 3 N–H and O–H groups in total. The van der Waals surface area contributed by atoms with Crippen molar-refractivity contribution in [3.8, 4) is 0 Å². The van der Waals surface area contributed by atoms with Gasteiger partial charge >= 0.3 is 0 Å². The number of nitrogens with one attached hydrogen (secondary N) is 1. The molecule has 1 unspecified atom stereocenters. The van der Waals surface area contributed by atoms with Crippen molar-refractivity contribution in [2.45, 2.75) is 13.3 Å². The van der Waals surface area contributed by atoms with Crippen LogP contribution in [-0.2, 0) is 22.0 Å². The molecule has 1 aromatic rings. The van der Waals surface area contributed by atoms with Gasteiger partial charge in [-0.15, -0.1) is 0 Å². The number of amides is 1. The zero-order valence-electron chi connectivity index (χ0n) is 10.8. The largest absolute Gasteiger partial charge is 0.389 e. The van der Waals surface area contributed by atoms with E-state index in [0.29, 0.717) is 29.5 Å². The van der Waals surface area contributed by atoms with Crippen LogP contribution in [0.3, 0.4) is 0 Å². The first-order chi connectivity index (χ1) is 9.02. The Bertz CT molecular complexity index is 472. The SMILES string of the molecule is CCS(=O)CCNC(=O)Cc1ccc(C(N)=S)cc1. The number of benzene rings is 1. The zero-order chi connectivity index (χ0) is 14.3. The molecule has 0 fully saturated rings. The van der Waals surface area contributed by atoms with Gasteiger partial charge < -0.3 is 11.1 Å². The number of carbonyl (C=O) groups excluding carboxylic acids is 1. The smallest absolute Gasteiger partial charge is 0.224 e. The monoisotopic (exact) mass is 298 g/mol. The molecule has 1 amide bonds. The summed E-state index contributed by atoms with van der Waals surface area (Å²) >= 11 is 4.86. The zero-order valence-corrected chi connectivity index (χ0v) is 12.5. The fourth-order valence-electron chi connectivity index (χ4n) is 1.48. The Labute approximate surface area is 121 Å². The Kier molecular flexibility index (Phi) is 6.66. The Morgan fingerprint density at radius 3 is 2.53 bits per heavy atom. The van der Waals surface area contributed by atoms with Crippen LogP contribution in [0.25, 0.3) is 0 Å². The maximum atomic E-state index is 11.6. The summed E-state index contributed by atoms with van der Waals surface area (Å²) in [5.41, 5.74) is 7.18. The summed E-state index contributed by atoms with van der Waals surface area (Å²) in [4.78, 5) is 12.0. The second-order valence-electron chi connectivity index (χ2n) is 4.02. The van der Waals surface area contributed by atoms with E-state index in [9.17, 15) is 9.00 Å². The lowest BCUT2D eigenvalue weighted by atomic mass is 10.1. The van der Waals surface area contributed by atoms with Crippen LogP contribution in [0, 0.1) is 0 Å². The molecule has 0 radical (unpaired) electrons. The fourth-order valence-corrected chi connectivity index (χ4v) is 2.24. The highest BCUT2D eigenvalue weighted by atomic mass is 32.2. The summed E-state index contributed by atoms with van der Waals surface area (Å²) in [6.45, 7) is 2.31. The molecule has 0 saturated carbocycles. The highest BCUT2D eigenvalue weighted by Crippen LogP contribution is 2.05. The summed E-state index contributed by atoms with van der Waals surface area (Å²) in [6.07, 6.45) is 0.302. The average Bonchev–Trinajstić information content (AvgIpc) is 2.39. The van der Waals surface area contributed by atoms with Crippen molar-refractivity contribution in [2.24, 2.45) is 5.73 Å². The maximum absolute atomic E-state index is 11.6. The van der Waals surface area contributed by atoms with Gasteiger partial charge in [-0.1, -0.05) is 43.4 Å². The Morgan fingerprint density at radius 1 is 1.37 bits per heavy atom. The summed E-state index contributed by atoms with van der Waals surface area (Å²) in [6, 6.07) is 7.27. The Balaban J connectivity index is 2.40. The van der Waals surface area contributed by atoms with Gasteiger partial charge in [0, 0.05) is 34.4 Å². The van der Waals surface area contributed by atoms with Gasteiger partial charge in [0.25, 0.3) is 0 Å². The molecule has 0 heterocycles. The highest BCUT2D eigenvalue weighted by Gasteiger charge is 2.04. The van der Waals surface area contributed by atoms with Crippen LogP contribution in [0.1, 0.15) is 18.1 Å². The van der Waals surface area contributed by atoms with Crippen LogP contribution in [-0.4, -0.2) is 33.2 Å². The van der Waals surface area contributed by atoms with E-state index in [1.165, 1.54) is 0 Å². The number of hydrogen-bond acceptors (Lipinski definition) is 3. The molecule has 104 valence electrons. The van der Waals surface area contributed by atoms with E-state index in [2.05, 4.69) is 5.32 Å². The van der Waals surface area contributed by atoms with Crippen molar-refractivity contribution in [3.05, 3.63) is 35.4 Å². The summed E-state index contributed by atoms with van der Waals surface area (Å²) < 4.78 is 11.2. The van der Waals surface area contributed by atoms with E-state index in [1.807, 2.05) is 19.1 Å². The average molecular weight is 298 g/mol. The second-order valence-corrected chi connectivity index (χ2v) is 6.33. The molecule has 0 bridgehead atoms. The van der Waals surface area contributed by atoms with Gasteiger partial charge in [-0.25, -0.2) is 0 Å². The molecule has 1 rings (SSSR count). The van der Waals surface area contributed by atoms with Gasteiger partial charge in [0.05, 0.1) is 6.42 Å². The van der Waals surface area contributed by atoms with Crippen LogP contribution >= 0.6 is 12.2 Å². The van der Waals surface area contributed by atoms with Crippen molar-refractivity contribution >= 4 is 33.9 Å². The third-order valence-corrected chi connectivity index (χ3v) is 4.12. The Morgan fingerprint density at radius 2 is 2.00 bits per heavy atom. The van der Waals surface area contributed by atoms with Crippen LogP contribution in [0.4, 0.5) is 0 Å². The van der Waals surface area contributed by atoms with Crippen molar-refractivity contribution in [2.75, 3.05) is 18.1 Å². The Hall–Kier alpha value is -1.27. The lowest BCUT2D eigenvalue weighted by Gasteiger charge is -2.05. The molecule has 19 heavy (non-hydrogen) atoms. The third-order valence-electron chi connectivity index (χ3n) is 2.58. The standard InChI is InChI=1S/C13H18N2O2S2/c1-2-19(17)8-7-15-12(16)9-10-3-5-11(6-4-10)13(14)18/h3-6H,2,7-9H2,1H3,(H2,14,18)(H,15,16). The van der Waals surface area contributed by atoms with Gasteiger partial charge in [-0.2, -0.15) is 0 Å². The van der Waals surface area contributed by atoms with E-state index in [-0.39, 0.29) is 5.91 Å². The molecule has 0 spiro atoms. The first-order valence-corrected chi connectivity index (χ1v) is 7.93. The van der Waals surface area contributed by atoms with E-state index < -0.39 is 10.8 Å². The van der Waals surface area contributed by atoms with Crippen LogP contribution in [0.15, 0.2) is 24.3 Å². The summed E-state index contributed by atoms with van der Waals surface area (Å²) in [7, 11) is -0.841. The molecule has 1 aromatic carbocycles. The summed E-state index contributed by atoms with van der Waals surface area (Å²) in [5.74, 6) is 1.05. The van der Waals surface area contributed by atoms with Crippen LogP contribution < -0.4 is 11.1 Å². The first-order valence-electron chi connectivity index (χ1n) is 6.03. The van der Waals surface area contributed by atoms with E-state index >= 15 is 0 Å². The second kappa shape index (κ2) is 8.01. The topological polar surface area (TPSA) is 72.2 Å². The van der Waals surface area contributed by atoms with Gasteiger partial charge in [0.15, 0.2) is 0 Å². The van der Waals surface area contributed by atoms with E-state index in [4.69, 9.17) is 18.0 Å². The normalized spacial score (nSPS) is 11.8. The summed E-state index contributed by atoms with van der Waals surface area (Å²) in [5, 5.41) is 2.75.